The maximum absolute atomic E-state index is 10.5. The summed E-state index contributed by atoms with van der Waals surface area (Å²) < 4.78 is 39.5. The Labute approximate surface area is 269 Å². The molecule has 0 amide bonds. The molecule has 0 heterocycles. The van der Waals surface area contributed by atoms with Crippen LogP contribution in [0.5, 0.6) is 0 Å². The summed E-state index contributed by atoms with van der Waals surface area (Å²) >= 11 is 3.45. The van der Waals surface area contributed by atoms with E-state index in [0.29, 0.717) is 0 Å². The normalized spacial score (nSPS) is 15.2. The molecule has 0 aliphatic carbocycles. The van der Waals surface area contributed by atoms with Gasteiger partial charge < -0.3 is 38.2 Å². The van der Waals surface area contributed by atoms with Crippen LogP contribution in [0.1, 0.15) is 0 Å². The molecular formula is Na6O12P4S. The summed E-state index contributed by atoms with van der Waals surface area (Å²) in [5.41, 5.74) is 0. The Morgan fingerprint density at radius 1 is 0.565 bits per heavy atom. The van der Waals surface area contributed by atoms with E-state index in [1.165, 1.54) is 0 Å². The van der Waals surface area contributed by atoms with Gasteiger partial charge in [0, 0.05) is 0 Å². The molecule has 2 unspecified atom stereocenters. The number of hydrogen-bond donors (Lipinski definition) is 0. The van der Waals surface area contributed by atoms with Crippen molar-refractivity contribution in [3.63, 3.8) is 0 Å². The predicted molar refractivity (Wildman–Crippen MR) is 40.4 cm³/mol. The van der Waals surface area contributed by atoms with Crippen LogP contribution in [0, 0.1) is 0 Å². The summed E-state index contributed by atoms with van der Waals surface area (Å²) in [6.45, 7) is -5.33. The number of rotatable bonds is 6. The van der Waals surface area contributed by atoms with Crippen molar-refractivity contribution in [1.82, 2.24) is 0 Å². The van der Waals surface area contributed by atoms with Gasteiger partial charge in [-0.25, -0.2) is 4.31 Å². The van der Waals surface area contributed by atoms with E-state index >= 15 is 0 Å². The van der Waals surface area contributed by atoms with E-state index < -0.39 is 30.2 Å². The molecule has 23 heteroatoms. The van der Waals surface area contributed by atoms with Gasteiger partial charge in [-0.15, -0.1) is 11.8 Å². The Morgan fingerprint density at radius 2 is 0.826 bits per heavy atom. The molecule has 0 N–H and O–H groups in total. The van der Waals surface area contributed by atoms with Crippen LogP contribution >= 0.6 is 30.2 Å². The molecule has 104 valence electrons. The number of phosphoric acid groups is 3. The monoisotopic (exact) mass is 486 g/mol. The van der Waals surface area contributed by atoms with Crippen molar-refractivity contribution < 1.29 is 233 Å². The summed E-state index contributed by atoms with van der Waals surface area (Å²) in [7, 11) is -18.3. The maximum Gasteiger partial charge on any atom is 1.00 e. The molecule has 0 aliphatic rings. The third kappa shape index (κ3) is 33.8. The molecule has 0 spiro atoms. The Bertz CT molecular complexity index is 426. The topological polar surface area (TPSA) is 217 Å². The first-order valence-electron chi connectivity index (χ1n) is 2.92. The second-order valence-electron chi connectivity index (χ2n) is 2.03. The molecule has 0 saturated carbocycles. The molecule has 2 atom stereocenters. The minimum Gasteiger partial charge on any atom is -0.812 e. The van der Waals surface area contributed by atoms with Gasteiger partial charge in [0.25, 0.3) is 15.6 Å². The molecule has 0 aromatic rings. The van der Waals surface area contributed by atoms with E-state index in [2.05, 4.69) is 24.7 Å². The van der Waals surface area contributed by atoms with E-state index in [9.17, 15) is 43.1 Å². The van der Waals surface area contributed by atoms with Crippen LogP contribution in [0.4, 0.5) is 0 Å². The fraction of sp³-hybridized carbons (Fsp3) is 0. The van der Waals surface area contributed by atoms with E-state index in [1.54, 1.807) is 0 Å². The van der Waals surface area contributed by atoms with Crippen LogP contribution < -0.4 is 207 Å². The van der Waals surface area contributed by atoms with Crippen molar-refractivity contribution in [1.29, 1.82) is 0 Å². The zero-order valence-corrected chi connectivity index (χ0v) is 29.5. The van der Waals surface area contributed by atoms with Gasteiger partial charge in [0.1, 0.15) is 0 Å². The Kier molecular flexibility index (Phi) is 40.7. The molecule has 23 heavy (non-hydrogen) atoms. The van der Waals surface area contributed by atoms with Crippen LogP contribution in [-0.2, 0) is 38.4 Å². The quantitative estimate of drug-likeness (QED) is 0.252. The SMILES string of the molecule is O=P([O-])([O-])OP(=O)([O-])OP(=O)([O-])OP([O-])([O-])=S.[Na+].[Na+].[Na+].[Na+].[Na+].[Na+]. The molecule has 0 rings (SSSR count). The molecule has 0 bridgehead atoms. The first-order valence-corrected chi connectivity index (χ1v) is 9.86. The predicted octanol–water partition coefficient (Wildman–Crippen LogP) is -22.2. The van der Waals surface area contributed by atoms with Crippen molar-refractivity contribution in [3.8, 4) is 0 Å². The van der Waals surface area contributed by atoms with Crippen molar-refractivity contribution in [2.45, 2.75) is 0 Å². The summed E-state index contributed by atoms with van der Waals surface area (Å²) in [5, 5.41) is 0. The van der Waals surface area contributed by atoms with Gasteiger partial charge in [-0.1, -0.05) is 6.72 Å². The largest absolute Gasteiger partial charge is 1.00 e. The van der Waals surface area contributed by atoms with Crippen molar-refractivity contribution >= 4 is 42.0 Å². The summed E-state index contributed by atoms with van der Waals surface area (Å²) in [6.07, 6.45) is 0. The molecule has 12 nitrogen and oxygen atoms in total. The van der Waals surface area contributed by atoms with Crippen LogP contribution in [-0.4, -0.2) is 0 Å². The van der Waals surface area contributed by atoms with E-state index in [0.717, 1.165) is 0 Å². The van der Waals surface area contributed by atoms with Gasteiger partial charge in [-0.05, 0) is 0 Å². The van der Waals surface area contributed by atoms with Crippen molar-refractivity contribution in [2.75, 3.05) is 0 Å². The minimum absolute atomic E-state index is 0. The smallest absolute Gasteiger partial charge is 0.812 e. The van der Waals surface area contributed by atoms with E-state index in [-0.39, 0.29) is 177 Å². The van der Waals surface area contributed by atoms with Gasteiger partial charge in [0.2, 0.25) is 0 Å². The third-order valence-corrected chi connectivity index (χ3v) is 6.00. The van der Waals surface area contributed by atoms with Gasteiger partial charge >= 0.3 is 177 Å². The summed E-state index contributed by atoms with van der Waals surface area (Å²) in [6, 6.07) is 0. The third-order valence-electron chi connectivity index (χ3n) is 0.600. The zero-order valence-electron chi connectivity index (χ0n) is 13.1. The van der Waals surface area contributed by atoms with Gasteiger partial charge in [-0.3, -0.25) is 13.4 Å². The van der Waals surface area contributed by atoms with E-state index in [4.69, 9.17) is 0 Å². The van der Waals surface area contributed by atoms with Gasteiger partial charge in [0.15, 0.2) is 0 Å². The van der Waals surface area contributed by atoms with Gasteiger partial charge in [0.05, 0.1) is 7.82 Å². The summed E-state index contributed by atoms with van der Waals surface area (Å²) in [4.78, 5) is 61.1. The molecule has 0 saturated heterocycles. The molecular weight excluding hydrogens is 486 g/mol. The second kappa shape index (κ2) is 19.6. The zero-order chi connectivity index (χ0) is 14.1. The van der Waals surface area contributed by atoms with E-state index in [1.807, 2.05) is 0 Å². The fourth-order valence-electron chi connectivity index (χ4n) is 0.397. The number of hydrogen-bond acceptors (Lipinski definition) is 13. The van der Waals surface area contributed by atoms with Crippen LogP contribution in [0.15, 0.2) is 0 Å². The Hall–Kier alpha value is 6.98. The summed E-state index contributed by atoms with van der Waals surface area (Å²) in [5.74, 6) is 0. The second-order valence-corrected chi connectivity index (χ2v) is 8.91. The maximum atomic E-state index is 10.5. The van der Waals surface area contributed by atoms with Gasteiger partial charge in [-0.2, -0.15) is 0 Å². The first kappa shape index (κ1) is 47.7. The standard InChI is InChI=1S/6Na.H6O12P4S/c;;;;;;1-13(2,3)10-14(4,5)11-15(6,7)12-16(8,9)17/h;;;;;;(H,4,5)(H,6,7)(H2,1,2,3)(H2,8,9,17)/q6*+1;/p-6. The minimum atomic E-state index is -6.17. The molecule has 0 aromatic carbocycles. The van der Waals surface area contributed by atoms with Crippen LogP contribution in [0.25, 0.3) is 0 Å². The van der Waals surface area contributed by atoms with Crippen molar-refractivity contribution in [3.05, 3.63) is 0 Å². The Balaban J connectivity index is -0.0000000853. The average molecular weight is 486 g/mol. The molecule has 0 radical (unpaired) electrons. The van der Waals surface area contributed by atoms with Crippen LogP contribution in [0.2, 0.25) is 0 Å². The van der Waals surface area contributed by atoms with Crippen molar-refractivity contribution in [2.24, 2.45) is 0 Å². The van der Waals surface area contributed by atoms with Crippen LogP contribution in [0.3, 0.4) is 0 Å². The molecule has 0 aromatic heterocycles. The fourth-order valence-corrected chi connectivity index (χ4v) is 4.85. The Morgan fingerprint density at radius 3 is 1.04 bits per heavy atom. The molecule has 0 aliphatic heterocycles. The first-order chi connectivity index (χ1) is 7.12. The average Bonchev–Trinajstić information content (AvgIpc) is 1.65. The molecule has 0 fully saturated rings.